The maximum absolute atomic E-state index is 10.3. The van der Waals surface area contributed by atoms with Crippen LogP contribution < -0.4 is 0 Å². The molecular weight excluding hydrogens is 306 g/mol. The van der Waals surface area contributed by atoms with E-state index in [2.05, 4.69) is 25.7 Å². The standard InChI is InChI=1S/C23H49NO/c1-4-7-10-11-12-13-14-15-16-17-18-19-23(25)22-24(20-8-5-2)21-9-6-3/h23,25H,4-22H2,1-3H3. The van der Waals surface area contributed by atoms with Crippen LogP contribution in [0.1, 0.15) is 124 Å². The molecule has 0 saturated carbocycles. The van der Waals surface area contributed by atoms with Gasteiger partial charge in [-0.2, -0.15) is 0 Å². The molecule has 152 valence electrons. The predicted octanol–water partition coefficient (Wildman–Crippen LogP) is 6.95. The van der Waals surface area contributed by atoms with Gasteiger partial charge in [-0.25, -0.2) is 0 Å². The largest absolute Gasteiger partial charge is 0.392 e. The Balaban J connectivity index is 3.49. The first-order valence-corrected chi connectivity index (χ1v) is 11.6. The number of unbranched alkanes of at least 4 members (excludes halogenated alkanes) is 12. The molecule has 0 aromatic carbocycles. The van der Waals surface area contributed by atoms with E-state index in [1.165, 1.54) is 96.3 Å². The first-order chi connectivity index (χ1) is 12.2. The van der Waals surface area contributed by atoms with Crippen molar-refractivity contribution in [2.75, 3.05) is 19.6 Å². The number of hydrogen-bond acceptors (Lipinski definition) is 2. The summed E-state index contributed by atoms with van der Waals surface area (Å²) in [4.78, 5) is 2.48. The molecule has 0 heterocycles. The van der Waals surface area contributed by atoms with Crippen LogP contribution in [0.4, 0.5) is 0 Å². The Bertz CT molecular complexity index is 236. The highest BCUT2D eigenvalue weighted by atomic mass is 16.3. The maximum Gasteiger partial charge on any atom is 0.0667 e. The molecule has 0 rings (SSSR count). The normalized spacial score (nSPS) is 12.8. The highest BCUT2D eigenvalue weighted by Crippen LogP contribution is 2.13. The zero-order valence-electron chi connectivity index (χ0n) is 17.9. The smallest absolute Gasteiger partial charge is 0.0667 e. The van der Waals surface area contributed by atoms with Gasteiger partial charge in [-0.15, -0.1) is 0 Å². The van der Waals surface area contributed by atoms with Gasteiger partial charge in [-0.3, -0.25) is 0 Å². The summed E-state index contributed by atoms with van der Waals surface area (Å²) in [6.07, 6.45) is 21.0. The van der Waals surface area contributed by atoms with E-state index in [9.17, 15) is 5.11 Å². The first-order valence-electron chi connectivity index (χ1n) is 11.6. The van der Waals surface area contributed by atoms with Crippen molar-refractivity contribution in [3.05, 3.63) is 0 Å². The Hall–Kier alpha value is -0.0800. The molecule has 0 saturated heterocycles. The second-order valence-electron chi connectivity index (χ2n) is 7.99. The van der Waals surface area contributed by atoms with E-state index in [1.807, 2.05) is 0 Å². The van der Waals surface area contributed by atoms with Gasteiger partial charge in [-0.1, -0.05) is 104 Å². The summed E-state index contributed by atoms with van der Waals surface area (Å²) in [5.41, 5.74) is 0. The van der Waals surface area contributed by atoms with Crippen molar-refractivity contribution in [2.45, 2.75) is 130 Å². The van der Waals surface area contributed by atoms with Gasteiger partial charge in [0.1, 0.15) is 0 Å². The zero-order chi connectivity index (χ0) is 18.6. The fraction of sp³-hybridized carbons (Fsp3) is 1.00. The molecule has 0 aromatic heterocycles. The van der Waals surface area contributed by atoms with E-state index in [1.54, 1.807) is 0 Å². The summed E-state index contributed by atoms with van der Waals surface area (Å²) in [5, 5.41) is 10.3. The Kier molecular flexibility index (Phi) is 20.2. The summed E-state index contributed by atoms with van der Waals surface area (Å²) in [6.45, 7) is 9.99. The van der Waals surface area contributed by atoms with Gasteiger partial charge in [0.25, 0.3) is 0 Å². The number of aliphatic hydroxyl groups excluding tert-OH is 1. The highest BCUT2D eigenvalue weighted by Gasteiger charge is 2.10. The summed E-state index contributed by atoms with van der Waals surface area (Å²) in [5.74, 6) is 0. The van der Waals surface area contributed by atoms with Crippen LogP contribution in [-0.4, -0.2) is 35.7 Å². The zero-order valence-corrected chi connectivity index (χ0v) is 17.9. The molecule has 0 aromatic rings. The molecular formula is C23H49NO. The molecule has 25 heavy (non-hydrogen) atoms. The lowest BCUT2D eigenvalue weighted by atomic mass is 10.0. The Morgan fingerprint density at radius 3 is 1.40 bits per heavy atom. The molecule has 0 fully saturated rings. The fourth-order valence-electron chi connectivity index (χ4n) is 3.49. The average Bonchev–Trinajstić information content (AvgIpc) is 2.61. The van der Waals surface area contributed by atoms with Gasteiger partial charge in [0, 0.05) is 6.54 Å². The van der Waals surface area contributed by atoms with Gasteiger partial charge < -0.3 is 10.0 Å². The number of hydrogen-bond donors (Lipinski definition) is 1. The summed E-state index contributed by atoms with van der Waals surface area (Å²) in [7, 11) is 0. The third kappa shape index (κ3) is 18.5. The van der Waals surface area contributed by atoms with E-state index in [4.69, 9.17) is 0 Å². The van der Waals surface area contributed by atoms with Crippen LogP contribution >= 0.6 is 0 Å². The third-order valence-electron chi connectivity index (χ3n) is 5.27. The lowest BCUT2D eigenvalue weighted by Gasteiger charge is -2.24. The van der Waals surface area contributed by atoms with Gasteiger partial charge in [0.15, 0.2) is 0 Å². The van der Waals surface area contributed by atoms with E-state index >= 15 is 0 Å². The summed E-state index contributed by atoms with van der Waals surface area (Å²) < 4.78 is 0. The lowest BCUT2D eigenvalue weighted by molar-refractivity contribution is 0.101. The molecule has 1 unspecified atom stereocenters. The van der Waals surface area contributed by atoms with Crippen LogP contribution in [-0.2, 0) is 0 Å². The van der Waals surface area contributed by atoms with Crippen LogP contribution in [0, 0.1) is 0 Å². The van der Waals surface area contributed by atoms with E-state index in [0.717, 1.165) is 26.1 Å². The minimum atomic E-state index is -0.118. The minimum absolute atomic E-state index is 0.118. The molecule has 0 bridgehead atoms. The quantitative estimate of drug-likeness (QED) is 0.239. The average molecular weight is 356 g/mol. The van der Waals surface area contributed by atoms with Gasteiger partial charge in [0.05, 0.1) is 6.10 Å². The fourth-order valence-corrected chi connectivity index (χ4v) is 3.49. The van der Waals surface area contributed by atoms with Crippen LogP contribution in [0.2, 0.25) is 0 Å². The van der Waals surface area contributed by atoms with E-state index in [-0.39, 0.29) is 6.10 Å². The van der Waals surface area contributed by atoms with Crippen molar-refractivity contribution in [1.29, 1.82) is 0 Å². The highest BCUT2D eigenvalue weighted by molar-refractivity contribution is 4.65. The lowest BCUT2D eigenvalue weighted by Crippen LogP contribution is -2.34. The third-order valence-corrected chi connectivity index (χ3v) is 5.27. The van der Waals surface area contributed by atoms with Gasteiger partial charge in [0.2, 0.25) is 0 Å². The van der Waals surface area contributed by atoms with Crippen LogP contribution in [0.3, 0.4) is 0 Å². The topological polar surface area (TPSA) is 23.5 Å². The Morgan fingerprint density at radius 1 is 0.560 bits per heavy atom. The minimum Gasteiger partial charge on any atom is -0.392 e. The SMILES string of the molecule is CCCCCCCCCCCCCC(O)CN(CCCC)CCCC. The molecule has 1 N–H and O–H groups in total. The Morgan fingerprint density at radius 2 is 0.960 bits per heavy atom. The maximum atomic E-state index is 10.3. The summed E-state index contributed by atoms with van der Waals surface area (Å²) in [6, 6.07) is 0. The predicted molar refractivity (Wildman–Crippen MR) is 113 cm³/mol. The molecule has 0 aliphatic rings. The van der Waals surface area contributed by atoms with Crippen molar-refractivity contribution < 1.29 is 5.11 Å². The molecule has 2 nitrogen and oxygen atoms in total. The molecule has 0 amide bonds. The molecule has 2 heteroatoms. The second kappa shape index (κ2) is 20.2. The summed E-state index contributed by atoms with van der Waals surface area (Å²) >= 11 is 0. The van der Waals surface area contributed by atoms with E-state index in [0.29, 0.717) is 0 Å². The molecule has 1 atom stereocenters. The molecule has 0 radical (unpaired) electrons. The number of aliphatic hydroxyl groups is 1. The van der Waals surface area contributed by atoms with Crippen LogP contribution in [0.5, 0.6) is 0 Å². The van der Waals surface area contributed by atoms with Crippen molar-refractivity contribution >= 4 is 0 Å². The van der Waals surface area contributed by atoms with Gasteiger partial charge >= 0.3 is 0 Å². The van der Waals surface area contributed by atoms with Crippen molar-refractivity contribution in [1.82, 2.24) is 4.90 Å². The number of nitrogens with zero attached hydrogens (tertiary/aromatic N) is 1. The van der Waals surface area contributed by atoms with Crippen molar-refractivity contribution in [3.8, 4) is 0 Å². The van der Waals surface area contributed by atoms with Crippen molar-refractivity contribution in [3.63, 3.8) is 0 Å². The van der Waals surface area contributed by atoms with Crippen LogP contribution in [0.15, 0.2) is 0 Å². The number of rotatable bonds is 20. The van der Waals surface area contributed by atoms with Crippen LogP contribution in [0.25, 0.3) is 0 Å². The molecule has 0 aliphatic heterocycles. The second-order valence-corrected chi connectivity index (χ2v) is 7.99. The van der Waals surface area contributed by atoms with E-state index < -0.39 is 0 Å². The first kappa shape index (κ1) is 24.9. The Labute approximate surface area is 159 Å². The van der Waals surface area contributed by atoms with Gasteiger partial charge in [-0.05, 0) is 32.4 Å². The van der Waals surface area contributed by atoms with Crippen molar-refractivity contribution in [2.24, 2.45) is 0 Å². The monoisotopic (exact) mass is 355 g/mol. The molecule has 0 spiro atoms. The molecule has 0 aliphatic carbocycles.